The highest BCUT2D eigenvalue weighted by Crippen LogP contribution is 2.14. The largest absolute Gasteiger partial charge is 0.317 e. The van der Waals surface area contributed by atoms with Crippen molar-refractivity contribution in [1.82, 2.24) is 15.7 Å². The number of hydrogen-bond acceptors (Lipinski definition) is 6. The van der Waals surface area contributed by atoms with Crippen molar-refractivity contribution < 1.29 is 14.5 Å². The summed E-state index contributed by atoms with van der Waals surface area (Å²) in [5, 5.41) is 17.5. The van der Waals surface area contributed by atoms with Gasteiger partial charge in [0.2, 0.25) is 0 Å². The van der Waals surface area contributed by atoms with Crippen LogP contribution in [0.25, 0.3) is 6.08 Å². The Bertz CT molecular complexity index is 1170. The lowest BCUT2D eigenvalue weighted by Gasteiger charge is -2.10. The third-order valence-corrected chi connectivity index (χ3v) is 4.30. The lowest BCUT2D eigenvalue weighted by Crippen LogP contribution is -2.33. The highest BCUT2D eigenvalue weighted by Gasteiger charge is 2.15. The minimum atomic E-state index is -0.664. The van der Waals surface area contributed by atoms with Crippen LogP contribution in [0.3, 0.4) is 0 Å². The Morgan fingerprint density at radius 2 is 1.69 bits per heavy atom. The highest BCUT2D eigenvalue weighted by molar-refractivity contribution is 6.06. The van der Waals surface area contributed by atoms with Crippen LogP contribution < -0.4 is 10.7 Å². The van der Waals surface area contributed by atoms with Crippen LogP contribution in [-0.4, -0.2) is 27.4 Å². The van der Waals surface area contributed by atoms with Gasteiger partial charge in [0.25, 0.3) is 17.5 Å². The Morgan fingerprint density at radius 1 is 1.00 bits per heavy atom. The van der Waals surface area contributed by atoms with E-state index in [-0.39, 0.29) is 11.4 Å². The van der Waals surface area contributed by atoms with Gasteiger partial charge in [0.15, 0.2) is 0 Å². The number of rotatable bonds is 7. The number of nitro groups is 1. The lowest BCUT2D eigenvalue weighted by atomic mass is 10.1. The van der Waals surface area contributed by atoms with Gasteiger partial charge in [0, 0.05) is 23.9 Å². The number of nitrogens with one attached hydrogen (secondary N) is 2. The Hall–Kier alpha value is -4.66. The minimum Gasteiger partial charge on any atom is -0.317 e. The average molecular weight is 429 g/mol. The van der Waals surface area contributed by atoms with Crippen molar-refractivity contribution >= 4 is 29.3 Å². The predicted octanol–water partition coefficient (Wildman–Crippen LogP) is 3.30. The quantitative estimate of drug-likeness (QED) is 0.258. The molecule has 0 fully saturated rings. The van der Waals surface area contributed by atoms with E-state index >= 15 is 0 Å². The Morgan fingerprint density at radius 3 is 2.31 bits per heavy atom. The number of pyridine rings is 1. The molecule has 0 saturated heterocycles. The molecule has 0 bridgehead atoms. The molecule has 160 valence electrons. The van der Waals surface area contributed by atoms with E-state index in [9.17, 15) is 19.7 Å². The fraction of sp³-hybridized carbons (Fsp3) is 0.0435. The van der Waals surface area contributed by atoms with Gasteiger partial charge in [-0.2, -0.15) is 5.10 Å². The van der Waals surface area contributed by atoms with E-state index in [0.717, 1.165) is 0 Å². The van der Waals surface area contributed by atoms with Crippen LogP contribution in [0.1, 0.15) is 28.5 Å². The monoisotopic (exact) mass is 429 g/mol. The molecule has 0 saturated carbocycles. The van der Waals surface area contributed by atoms with Crippen molar-refractivity contribution in [1.29, 1.82) is 0 Å². The van der Waals surface area contributed by atoms with E-state index in [2.05, 4.69) is 20.8 Å². The molecular formula is C23H19N5O4. The maximum atomic E-state index is 12.8. The van der Waals surface area contributed by atoms with Crippen LogP contribution in [0.4, 0.5) is 5.69 Å². The van der Waals surface area contributed by atoms with Crippen molar-refractivity contribution in [3.05, 3.63) is 112 Å². The maximum absolute atomic E-state index is 12.8. The molecule has 1 heterocycles. The summed E-state index contributed by atoms with van der Waals surface area (Å²) in [6, 6.07) is 19.3. The number of benzene rings is 2. The van der Waals surface area contributed by atoms with Crippen LogP contribution in [0, 0.1) is 10.1 Å². The SMILES string of the molecule is C/C(=N\NC(=O)/C(=C/c1ccc([N+](=O)[O-])cc1)NC(=O)c1ccccc1)c1ccccn1. The summed E-state index contributed by atoms with van der Waals surface area (Å²) >= 11 is 0. The van der Waals surface area contributed by atoms with Crippen LogP contribution in [-0.2, 0) is 4.79 Å². The summed E-state index contributed by atoms with van der Waals surface area (Å²) in [5.41, 5.74) is 4.15. The van der Waals surface area contributed by atoms with Gasteiger partial charge in [-0.1, -0.05) is 24.3 Å². The second kappa shape index (κ2) is 10.4. The van der Waals surface area contributed by atoms with E-state index in [1.807, 2.05) is 0 Å². The van der Waals surface area contributed by atoms with Gasteiger partial charge in [-0.15, -0.1) is 0 Å². The smallest absolute Gasteiger partial charge is 0.287 e. The number of nitro benzene ring substituents is 1. The van der Waals surface area contributed by atoms with Gasteiger partial charge in [0.1, 0.15) is 5.70 Å². The summed E-state index contributed by atoms with van der Waals surface area (Å²) < 4.78 is 0. The fourth-order valence-corrected chi connectivity index (χ4v) is 2.63. The Balaban J connectivity index is 1.86. The van der Waals surface area contributed by atoms with Crippen molar-refractivity contribution in [2.45, 2.75) is 6.92 Å². The normalized spacial score (nSPS) is 11.5. The Kier molecular flexibility index (Phi) is 7.16. The molecule has 0 aliphatic carbocycles. The summed E-state index contributed by atoms with van der Waals surface area (Å²) in [7, 11) is 0. The first-order chi connectivity index (χ1) is 15.4. The van der Waals surface area contributed by atoms with Gasteiger partial charge in [0.05, 0.1) is 16.3 Å². The molecular weight excluding hydrogens is 410 g/mol. The van der Waals surface area contributed by atoms with E-state index in [4.69, 9.17) is 0 Å². The standard InChI is InChI=1S/C23H19N5O4/c1-16(20-9-5-6-14-24-20)26-27-23(30)21(25-22(29)18-7-3-2-4-8-18)15-17-10-12-19(13-11-17)28(31)32/h2-15H,1H3,(H,25,29)(H,27,30)/b21-15-,26-16+. The third-order valence-electron chi connectivity index (χ3n) is 4.30. The van der Waals surface area contributed by atoms with Gasteiger partial charge >= 0.3 is 0 Å². The first kappa shape index (κ1) is 22.0. The molecule has 0 spiro atoms. The van der Waals surface area contributed by atoms with Gasteiger partial charge in [-0.05, 0) is 55.0 Å². The summed E-state index contributed by atoms with van der Waals surface area (Å²) in [4.78, 5) is 39.9. The minimum absolute atomic E-state index is 0.0784. The van der Waals surface area contributed by atoms with E-state index in [1.165, 1.54) is 30.3 Å². The second-order valence-electron chi connectivity index (χ2n) is 6.58. The zero-order chi connectivity index (χ0) is 22.9. The van der Waals surface area contributed by atoms with Crippen molar-refractivity contribution in [2.24, 2.45) is 5.10 Å². The molecule has 2 N–H and O–H groups in total. The first-order valence-electron chi connectivity index (χ1n) is 9.52. The molecule has 1 aromatic heterocycles. The molecule has 0 aliphatic heterocycles. The summed E-state index contributed by atoms with van der Waals surface area (Å²) in [6.07, 6.45) is 3.02. The molecule has 2 aromatic carbocycles. The molecule has 0 unspecified atom stereocenters. The number of non-ortho nitro benzene ring substituents is 1. The summed E-state index contributed by atoms with van der Waals surface area (Å²) in [6.45, 7) is 1.69. The zero-order valence-corrected chi connectivity index (χ0v) is 17.1. The van der Waals surface area contributed by atoms with Crippen molar-refractivity contribution in [3.63, 3.8) is 0 Å². The average Bonchev–Trinajstić information content (AvgIpc) is 2.83. The van der Waals surface area contributed by atoms with E-state index < -0.39 is 16.7 Å². The third kappa shape index (κ3) is 5.92. The van der Waals surface area contributed by atoms with Gasteiger partial charge in [-0.25, -0.2) is 5.43 Å². The maximum Gasteiger partial charge on any atom is 0.287 e. The first-order valence-corrected chi connectivity index (χ1v) is 9.52. The predicted molar refractivity (Wildman–Crippen MR) is 120 cm³/mol. The van der Waals surface area contributed by atoms with Gasteiger partial charge in [-0.3, -0.25) is 24.7 Å². The molecule has 2 amide bonds. The molecule has 3 aromatic rings. The van der Waals surface area contributed by atoms with E-state index in [1.54, 1.807) is 61.7 Å². The van der Waals surface area contributed by atoms with Crippen molar-refractivity contribution in [3.8, 4) is 0 Å². The molecule has 9 nitrogen and oxygen atoms in total. The topological polar surface area (TPSA) is 127 Å². The van der Waals surface area contributed by atoms with Gasteiger partial charge < -0.3 is 5.32 Å². The number of hydrazone groups is 1. The molecule has 0 aliphatic rings. The van der Waals surface area contributed by atoms with Crippen LogP contribution >= 0.6 is 0 Å². The van der Waals surface area contributed by atoms with Crippen LogP contribution in [0.5, 0.6) is 0 Å². The van der Waals surface area contributed by atoms with Crippen LogP contribution in [0.15, 0.2) is 89.8 Å². The zero-order valence-electron chi connectivity index (χ0n) is 17.1. The fourth-order valence-electron chi connectivity index (χ4n) is 2.63. The lowest BCUT2D eigenvalue weighted by molar-refractivity contribution is -0.384. The molecule has 3 rings (SSSR count). The number of carbonyl (C=O) groups excluding carboxylic acids is 2. The van der Waals surface area contributed by atoms with E-state index in [0.29, 0.717) is 22.5 Å². The number of aromatic nitrogens is 1. The molecule has 32 heavy (non-hydrogen) atoms. The molecule has 9 heteroatoms. The van der Waals surface area contributed by atoms with Crippen LogP contribution in [0.2, 0.25) is 0 Å². The number of amides is 2. The van der Waals surface area contributed by atoms with Crippen molar-refractivity contribution in [2.75, 3.05) is 0 Å². The Labute approximate surface area is 183 Å². The molecule has 0 radical (unpaired) electrons. The second-order valence-corrected chi connectivity index (χ2v) is 6.58. The number of carbonyl (C=O) groups is 2. The number of nitrogens with zero attached hydrogens (tertiary/aromatic N) is 3. The molecule has 0 atom stereocenters. The number of hydrogen-bond donors (Lipinski definition) is 2. The summed E-state index contributed by atoms with van der Waals surface area (Å²) in [5.74, 6) is -1.15. The highest BCUT2D eigenvalue weighted by atomic mass is 16.6.